The van der Waals surface area contributed by atoms with E-state index >= 15 is 4.39 Å². The number of aromatic nitrogens is 3. The molecule has 0 aliphatic carbocycles. The minimum atomic E-state index is -5.05. The molecule has 5 aromatic carbocycles. The number of fused-ring (bicyclic) bond motifs is 1. The first kappa shape index (κ1) is 58.2. The molecule has 5 N–H and O–H groups in total. The van der Waals surface area contributed by atoms with Gasteiger partial charge in [0.2, 0.25) is 11.9 Å². The molecule has 6 aromatic rings. The molecular formula is C42H43FN10O17S6. The summed E-state index contributed by atoms with van der Waals surface area (Å²) in [6.45, 7) is 4.59. The first-order chi connectivity index (χ1) is 35.5. The number of hydrogen-bond donors (Lipinski definition) is 4. The van der Waals surface area contributed by atoms with Crippen LogP contribution in [0, 0.1) is 6.08 Å². The van der Waals surface area contributed by atoms with Crippen LogP contribution in [0.4, 0.5) is 56.1 Å². The first-order valence-electron chi connectivity index (χ1n) is 21.2. The lowest BCUT2D eigenvalue weighted by molar-refractivity contribution is 0.396. The lowest BCUT2D eigenvalue weighted by Crippen LogP contribution is -2.26. The molecule has 0 saturated heterocycles. The monoisotopic (exact) mass is 1170 g/mol. The Kier molecular flexibility index (Phi) is 17.4. The normalized spacial score (nSPS) is 12.9. The van der Waals surface area contributed by atoms with Crippen molar-refractivity contribution in [2.45, 2.75) is 38.7 Å². The molecule has 0 spiro atoms. The number of rotatable bonds is 23. The summed E-state index contributed by atoms with van der Waals surface area (Å²) in [5, 5.41) is 30.0. The van der Waals surface area contributed by atoms with Crippen molar-refractivity contribution in [2.24, 2.45) is 20.5 Å². The predicted octanol–water partition coefficient (Wildman–Crippen LogP) is 6.30. The summed E-state index contributed by atoms with van der Waals surface area (Å²) in [5.41, 5.74) is 2.45. The number of phenolic OH excluding ortho intramolecular Hbond substituents is 1. The van der Waals surface area contributed by atoms with Gasteiger partial charge in [0.25, 0.3) is 40.5 Å². The Hall–Kier alpha value is -7.02. The maximum absolute atomic E-state index is 15.1. The van der Waals surface area contributed by atoms with E-state index in [1.54, 1.807) is 37.3 Å². The van der Waals surface area contributed by atoms with Crippen molar-refractivity contribution in [2.75, 3.05) is 55.3 Å². The minimum Gasteiger partial charge on any atom is -0.505 e. The highest BCUT2D eigenvalue weighted by Gasteiger charge is 2.29. The fourth-order valence-corrected chi connectivity index (χ4v) is 12.0. The fourth-order valence-electron chi connectivity index (χ4n) is 6.92. The van der Waals surface area contributed by atoms with Gasteiger partial charge < -0.3 is 21.1 Å². The van der Waals surface area contributed by atoms with Gasteiger partial charge in [-0.05, 0) is 72.5 Å². The second kappa shape index (κ2) is 22.7. The molecule has 0 radical (unpaired) electrons. The number of hydrogen-bond acceptors (Lipinski definition) is 26. The zero-order valence-corrected chi connectivity index (χ0v) is 44.7. The average molecular weight is 1170 g/mol. The summed E-state index contributed by atoms with van der Waals surface area (Å²) >= 11 is 0. The second-order valence-corrected chi connectivity index (χ2v) is 26.1. The number of azo groups is 2. The molecule has 0 fully saturated rings. The molecule has 34 heteroatoms. The molecule has 27 nitrogen and oxygen atoms in total. The predicted molar refractivity (Wildman–Crippen MR) is 272 cm³/mol. The number of halogens is 1. The van der Waals surface area contributed by atoms with Crippen molar-refractivity contribution in [3.63, 3.8) is 0 Å². The Bertz CT molecular complexity index is 4040. The van der Waals surface area contributed by atoms with Crippen molar-refractivity contribution in [1.82, 2.24) is 15.0 Å². The van der Waals surface area contributed by atoms with Crippen molar-refractivity contribution in [3.8, 4) is 5.75 Å². The van der Waals surface area contributed by atoms with Gasteiger partial charge in [0.1, 0.15) is 43.2 Å². The smallest absolute Gasteiger partial charge is 0.315 e. The van der Waals surface area contributed by atoms with E-state index in [0.29, 0.717) is 5.69 Å². The van der Waals surface area contributed by atoms with Gasteiger partial charge in [-0.25, -0.2) is 16.8 Å². The average Bonchev–Trinajstić information content (AvgIpc) is 3.35. The number of phenols is 1. The topological polar surface area (TPSA) is 402 Å². The van der Waals surface area contributed by atoms with Crippen LogP contribution in [0.1, 0.15) is 18.9 Å². The zero-order valence-electron chi connectivity index (χ0n) is 39.8. The van der Waals surface area contributed by atoms with Crippen LogP contribution in [0.3, 0.4) is 0 Å². The SMILES string of the molecule is C=CS(=O)(=O)CCN(c1ccccc1)c1nc(F)nc(Nc2ccc(S(=O)(=O)OC)c(N=Nc3c(CS(=O)(=O)O)cc4cc(S(=O)(=O)OC)c(N=Nc5ccc(S(=O)(=O)CCC)cc5S(=O)(=O)OC)c(N)c4c3O)c2)n1. The molecule has 0 bridgehead atoms. The lowest BCUT2D eigenvalue weighted by Gasteiger charge is -2.22. The summed E-state index contributed by atoms with van der Waals surface area (Å²) in [4.78, 5) is 10.0. The van der Waals surface area contributed by atoms with E-state index in [9.17, 15) is 60.2 Å². The van der Waals surface area contributed by atoms with E-state index in [0.717, 1.165) is 75.3 Å². The fraction of sp³-hybridized carbons (Fsp3) is 0.214. The summed E-state index contributed by atoms with van der Waals surface area (Å²) in [5.74, 6) is -4.17. The third-order valence-electron chi connectivity index (χ3n) is 10.5. The van der Waals surface area contributed by atoms with E-state index in [-0.39, 0.29) is 35.7 Å². The largest absolute Gasteiger partial charge is 0.505 e. The van der Waals surface area contributed by atoms with Gasteiger partial charge in [-0.2, -0.15) is 53.0 Å². The van der Waals surface area contributed by atoms with Crippen LogP contribution in [0.5, 0.6) is 5.75 Å². The Balaban J connectivity index is 1.54. The van der Waals surface area contributed by atoms with Gasteiger partial charge in [-0.1, -0.05) is 31.7 Å². The van der Waals surface area contributed by atoms with E-state index in [2.05, 4.69) is 59.9 Å². The highest BCUT2D eigenvalue weighted by atomic mass is 32.2. The van der Waals surface area contributed by atoms with Crippen molar-refractivity contribution < 1.29 is 77.1 Å². The molecule has 0 aliphatic heterocycles. The van der Waals surface area contributed by atoms with Crippen LogP contribution in [0.15, 0.2) is 131 Å². The number of nitrogen functional groups attached to an aromatic ring is 1. The number of nitrogens with two attached hydrogens (primary N) is 1. The Morgan fingerprint density at radius 2 is 1.34 bits per heavy atom. The highest BCUT2D eigenvalue weighted by Crippen LogP contribution is 2.48. The maximum Gasteiger partial charge on any atom is 0.315 e. The maximum atomic E-state index is 15.1. The van der Waals surface area contributed by atoms with E-state index in [1.807, 2.05) is 0 Å². The molecule has 76 heavy (non-hydrogen) atoms. The third kappa shape index (κ3) is 13.3. The molecule has 0 amide bonds. The van der Waals surface area contributed by atoms with E-state index < -0.39 is 148 Å². The second-order valence-electron chi connectivity index (χ2n) is 15.5. The summed E-state index contributed by atoms with van der Waals surface area (Å²) in [6, 6.07) is 15.5. The van der Waals surface area contributed by atoms with Crippen LogP contribution in [-0.2, 0) is 78.4 Å². The van der Waals surface area contributed by atoms with Crippen molar-refractivity contribution in [1.29, 1.82) is 0 Å². The van der Waals surface area contributed by atoms with Gasteiger partial charge in [-0.15, -0.1) is 20.5 Å². The molecule has 6 rings (SSSR count). The number of nitrogens with one attached hydrogen (secondary N) is 1. The van der Waals surface area contributed by atoms with Gasteiger partial charge in [0.05, 0.1) is 48.8 Å². The van der Waals surface area contributed by atoms with Crippen LogP contribution in [-0.4, -0.2) is 114 Å². The quantitative estimate of drug-likeness (QED) is 0.0236. The van der Waals surface area contributed by atoms with Crippen LogP contribution in [0.2, 0.25) is 0 Å². The van der Waals surface area contributed by atoms with E-state index in [4.69, 9.17) is 5.73 Å². The first-order valence-corrected chi connectivity index (χ1v) is 30.4. The van der Waals surface area contributed by atoms with Crippen molar-refractivity contribution >= 4 is 123 Å². The number of para-hydroxylation sites is 1. The summed E-state index contributed by atoms with van der Waals surface area (Å²) < 4.78 is 194. The third-order valence-corrected chi connectivity index (χ3v) is 18.3. The van der Waals surface area contributed by atoms with Gasteiger partial charge >= 0.3 is 6.08 Å². The number of aromatic hydroxyl groups is 1. The highest BCUT2D eigenvalue weighted by molar-refractivity contribution is 7.94. The number of nitrogens with zero attached hydrogens (tertiary/aromatic N) is 8. The summed E-state index contributed by atoms with van der Waals surface area (Å²) in [7, 11) is -24.9. The number of anilines is 5. The summed E-state index contributed by atoms with van der Waals surface area (Å²) in [6.07, 6.45) is -1.17. The van der Waals surface area contributed by atoms with Crippen LogP contribution < -0.4 is 16.0 Å². The van der Waals surface area contributed by atoms with Crippen LogP contribution in [0.25, 0.3) is 10.8 Å². The zero-order chi connectivity index (χ0) is 56.2. The van der Waals surface area contributed by atoms with E-state index in [1.165, 1.54) is 4.90 Å². The van der Waals surface area contributed by atoms with Gasteiger partial charge in [0, 0.05) is 28.9 Å². The molecule has 1 aromatic heterocycles. The molecule has 406 valence electrons. The Labute approximate surface area is 435 Å². The molecule has 0 unspecified atom stereocenters. The Morgan fingerprint density at radius 3 is 1.96 bits per heavy atom. The molecule has 0 aliphatic rings. The van der Waals surface area contributed by atoms with Gasteiger partial charge in [0.15, 0.2) is 25.4 Å². The molecular weight excluding hydrogens is 1130 g/mol. The minimum absolute atomic E-state index is 0.133. The molecule has 0 saturated carbocycles. The van der Waals surface area contributed by atoms with Gasteiger partial charge in [-0.3, -0.25) is 17.1 Å². The van der Waals surface area contributed by atoms with Crippen molar-refractivity contribution in [3.05, 3.63) is 102 Å². The molecule has 1 heterocycles. The standard InChI is InChI=1S/C42H43FN10O17S6/c1-6-18-72(57,58)29-14-15-30(33(23-29)75(64,65)69-4)49-52-38-34(76(66,67)70-5)21-25-20-26(24-73(59,60)61)37(39(54)35(25)36(38)44)51-50-31-22-27(13-16-32(31)74(62,63)68-3)45-41-46-40(43)47-42(48-41)53(17-19-71(55,56)7-2)28-11-9-8-10-12-28/h7-16,20-23,54H,2,6,17-19,24,44H2,1,3-5H3,(H,59,60,61)(H,45,46,47,48). The number of sulfone groups is 2. The van der Waals surface area contributed by atoms with Crippen LogP contribution >= 0.6 is 0 Å². The Morgan fingerprint density at radius 1 is 0.724 bits per heavy atom. The lowest BCUT2D eigenvalue weighted by atomic mass is 10.0. The number of benzene rings is 5. The molecule has 0 atom stereocenters.